The zero-order valence-corrected chi connectivity index (χ0v) is 45.1. The van der Waals surface area contributed by atoms with Crippen LogP contribution in [0.5, 0.6) is 11.5 Å². The van der Waals surface area contributed by atoms with Crippen LogP contribution in [-0.2, 0) is 65.2 Å². The summed E-state index contributed by atoms with van der Waals surface area (Å²) in [4.78, 5) is 0. The van der Waals surface area contributed by atoms with Gasteiger partial charge >= 0.3 is 56.9 Å². The van der Waals surface area contributed by atoms with Crippen LogP contribution in [-0.4, -0.2) is 147 Å². The Bertz CT molecular complexity index is 1280. The van der Waals surface area contributed by atoms with E-state index in [2.05, 4.69) is 71.6 Å². The topological polar surface area (TPSA) is 148 Å². The van der Waals surface area contributed by atoms with Crippen molar-refractivity contribution in [1.29, 1.82) is 0 Å². The highest BCUT2D eigenvalue weighted by molar-refractivity contribution is 6.46. The predicted molar refractivity (Wildman–Crippen MR) is 273 cm³/mol. The minimum Gasteiger partial charge on any atom is -0.523 e. The summed E-state index contributed by atoms with van der Waals surface area (Å²) in [6.45, 7) is 44.2. The van der Waals surface area contributed by atoms with E-state index in [1.54, 1.807) is 14.2 Å². The first-order valence-corrected chi connectivity index (χ1v) is 23.8. The van der Waals surface area contributed by atoms with Gasteiger partial charge in [0, 0.05) is 65.4 Å². The van der Waals surface area contributed by atoms with E-state index in [1.165, 1.54) is 0 Å². The van der Waals surface area contributed by atoms with Crippen LogP contribution in [0.2, 0.25) is 54.6 Å². The summed E-state index contributed by atoms with van der Waals surface area (Å²) in [6.07, 6.45) is 2.36. The fourth-order valence-electron chi connectivity index (χ4n) is 6.23. The second-order valence-corrected chi connectivity index (χ2v) is 18.5. The lowest BCUT2D eigenvalue weighted by molar-refractivity contribution is -0.0261. The summed E-state index contributed by atoms with van der Waals surface area (Å²) >= 11 is 0. The molecule has 0 aromatic heterocycles. The van der Waals surface area contributed by atoms with Crippen molar-refractivity contribution in [2.75, 3.05) is 67.1 Å². The molecule has 0 aliphatic carbocycles. The minimum atomic E-state index is -0.160. The molecule has 1 aromatic carbocycles. The first-order chi connectivity index (χ1) is 30.7. The number of hydrogen-bond donors (Lipinski definition) is 0. The van der Waals surface area contributed by atoms with Crippen LogP contribution in [0.15, 0.2) is 24.3 Å². The predicted octanol–water partition coefficient (Wildman–Crippen LogP) is 8.44. The van der Waals surface area contributed by atoms with Gasteiger partial charge in [0.25, 0.3) is 0 Å². The second kappa shape index (κ2) is 34.2. The molecule has 376 valence electrons. The summed E-state index contributed by atoms with van der Waals surface area (Å²) in [5.74, 6) is 1.69. The lowest BCUT2D eigenvalue weighted by Gasteiger charge is -2.37. The van der Waals surface area contributed by atoms with E-state index in [-0.39, 0.29) is 79.2 Å². The smallest absolute Gasteiger partial charge is 0.523 e. The van der Waals surface area contributed by atoms with Crippen LogP contribution in [0, 0.1) is 5.41 Å². The normalized spacial score (nSPS) is 21.4. The Morgan fingerprint density at radius 1 is 0.561 bits per heavy atom. The van der Waals surface area contributed by atoms with Gasteiger partial charge < -0.3 is 74.5 Å². The first kappa shape index (κ1) is 64.8. The quantitative estimate of drug-likeness (QED) is 0.251. The van der Waals surface area contributed by atoms with Crippen molar-refractivity contribution in [1.82, 2.24) is 0 Å². The lowest BCUT2D eigenvalue weighted by atomic mass is 9.86. The number of benzene rings is 1. The highest BCUT2D eigenvalue weighted by Gasteiger charge is 2.48. The molecular weight excluding hydrogens is 847 g/mol. The fraction of sp³-hybridized carbons (Fsp3) is 0.857. The maximum absolute atomic E-state index is 5.54. The molecule has 0 amide bonds. The molecule has 5 saturated heterocycles. The van der Waals surface area contributed by atoms with Gasteiger partial charge in [-0.05, 0) is 142 Å². The van der Waals surface area contributed by atoms with E-state index in [1.807, 2.05) is 92.7 Å². The van der Waals surface area contributed by atoms with Gasteiger partial charge in [0.2, 0.25) is 0 Å². The SMILES string of the molecule is CB1OC(C)(C)C(C)(C)O1.CB1OC(C)CC(C)(C)O1.CB1OCC(C)(C)CO1.CB1OCCCO1.CB1OCCO1.CB1Oc2ccccc2O1.CCOB(C)OCC.COB(C)OC. The summed E-state index contributed by atoms with van der Waals surface area (Å²) in [5.41, 5.74) is -0.109. The summed E-state index contributed by atoms with van der Waals surface area (Å²) in [5, 5.41) is 0. The summed E-state index contributed by atoms with van der Waals surface area (Å²) in [7, 11) is 2.95. The van der Waals surface area contributed by atoms with Crippen molar-refractivity contribution >= 4 is 56.9 Å². The molecule has 5 fully saturated rings. The molecule has 6 aliphatic heterocycles. The van der Waals surface area contributed by atoms with Crippen LogP contribution in [0.25, 0.3) is 0 Å². The second-order valence-electron chi connectivity index (χ2n) is 18.5. The highest BCUT2D eigenvalue weighted by atomic mass is 16.7. The van der Waals surface area contributed by atoms with Crippen LogP contribution >= 0.6 is 0 Å². The van der Waals surface area contributed by atoms with Gasteiger partial charge in [0.05, 0.1) is 30.0 Å². The molecule has 7 rings (SSSR count). The Morgan fingerprint density at radius 2 is 0.970 bits per heavy atom. The monoisotopic (exact) mass is 937 g/mol. The summed E-state index contributed by atoms with van der Waals surface area (Å²) in [6, 6.07) is 7.66. The number of para-hydroxylation sites is 2. The molecule has 1 atom stereocenters. The van der Waals surface area contributed by atoms with Crippen molar-refractivity contribution in [3.05, 3.63) is 24.3 Å². The molecule has 0 bridgehead atoms. The van der Waals surface area contributed by atoms with E-state index in [0.29, 0.717) is 6.10 Å². The standard InChI is InChI=1S/C7H7BO2.2C7H15BO2.C6H13BO2.C5H13BO2.C4H9BO2.C3H7BO2.C3H9BO2/c1-8-9-6-4-2-3-5-7(6)10-8;1-6-5-7(2,3)10-8(4)9-6;1-6(2)7(3,4)10-8(5)9-6;1-6(2)4-8-7(3)9-5-6;1-4-7-6(3)8-5-2;1-5-6-3-2-4-7-5;1-4-5-2-3-6-4;1-4(5-2)6-3/h2-5H,1H3;6H,5H2,1-4H3;1-5H3;4-5H2,1-3H3;4-5H2,1-3H3;2-4H2,1H3;2-3H2,1H3;1-3H3. The molecular formula is C42H88B8O16. The van der Waals surface area contributed by atoms with Crippen LogP contribution in [0.1, 0.15) is 89.0 Å². The van der Waals surface area contributed by atoms with Crippen molar-refractivity contribution in [3.63, 3.8) is 0 Å². The van der Waals surface area contributed by atoms with Crippen molar-refractivity contribution in [3.8, 4) is 11.5 Å². The zero-order valence-electron chi connectivity index (χ0n) is 45.1. The maximum Gasteiger partial charge on any atom is 0.591 e. The maximum atomic E-state index is 5.54. The average Bonchev–Trinajstić information content (AvgIpc) is 3.91. The third-order valence-electron chi connectivity index (χ3n) is 10.2. The van der Waals surface area contributed by atoms with E-state index in [9.17, 15) is 0 Å². The third kappa shape index (κ3) is 31.1. The largest absolute Gasteiger partial charge is 0.591 e. The number of rotatable bonds is 6. The van der Waals surface area contributed by atoms with Gasteiger partial charge in [-0.25, -0.2) is 0 Å². The third-order valence-corrected chi connectivity index (χ3v) is 10.2. The van der Waals surface area contributed by atoms with Gasteiger partial charge in [-0.1, -0.05) is 26.0 Å². The van der Waals surface area contributed by atoms with E-state index < -0.39 is 0 Å². The van der Waals surface area contributed by atoms with Gasteiger partial charge in [0.1, 0.15) is 11.5 Å². The zero-order chi connectivity index (χ0) is 50.6. The molecule has 0 saturated carbocycles. The molecule has 24 heteroatoms. The van der Waals surface area contributed by atoms with Crippen LogP contribution in [0.4, 0.5) is 0 Å². The summed E-state index contributed by atoms with van der Waals surface area (Å²) < 4.78 is 82.6. The first-order valence-electron chi connectivity index (χ1n) is 23.8. The van der Waals surface area contributed by atoms with E-state index >= 15 is 0 Å². The molecule has 0 spiro atoms. The van der Waals surface area contributed by atoms with Crippen LogP contribution < -0.4 is 9.31 Å². The highest BCUT2D eigenvalue weighted by Crippen LogP contribution is 2.36. The Hall–Kier alpha value is -1.22. The molecule has 0 radical (unpaired) electrons. The van der Waals surface area contributed by atoms with Gasteiger partial charge in [-0.3, -0.25) is 0 Å². The Morgan fingerprint density at radius 3 is 1.23 bits per heavy atom. The van der Waals surface area contributed by atoms with Crippen molar-refractivity contribution in [2.45, 2.75) is 166 Å². The van der Waals surface area contributed by atoms with Gasteiger partial charge in [-0.2, -0.15) is 0 Å². The van der Waals surface area contributed by atoms with Crippen LogP contribution in [0.3, 0.4) is 0 Å². The fourth-order valence-corrected chi connectivity index (χ4v) is 6.23. The molecule has 66 heavy (non-hydrogen) atoms. The van der Waals surface area contributed by atoms with Crippen molar-refractivity contribution < 1.29 is 74.5 Å². The molecule has 1 aromatic rings. The Balaban J connectivity index is 0.000000737. The van der Waals surface area contributed by atoms with E-state index in [4.69, 9.17) is 65.2 Å². The lowest BCUT2D eigenvalue weighted by Crippen LogP contribution is -2.44. The Labute approximate surface area is 405 Å². The average molecular weight is 936 g/mol. The van der Waals surface area contributed by atoms with Crippen molar-refractivity contribution in [2.24, 2.45) is 5.41 Å². The molecule has 6 heterocycles. The Kier molecular flexibility index (Phi) is 33.5. The molecule has 0 N–H and O–H groups in total. The van der Waals surface area contributed by atoms with Gasteiger partial charge in [0.15, 0.2) is 0 Å². The molecule has 1 unspecified atom stereocenters. The minimum absolute atomic E-state index is 0.00183. The number of fused-ring (bicyclic) bond motifs is 1. The van der Waals surface area contributed by atoms with E-state index in [0.717, 1.165) is 77.2 Å². The number of hydrogen-bond acceptors (Lipinski definition) is 16. The molecule has 16 nitrogen and oxygen atoms in total. The van der Waals surface area contributed by atoms with Gasteiger partial charge in [-0.15, -0.1) is 0 Å². The molecule has 6 aliphatic rings.